The third kappa shape index (κ3) is 3.68. The van der Waals surface area contributed by atoms with Gasteiger partial charge in [-0.25, -0.2) is 4.98 Å². The van der Waals surface area contributed by atoms with Gasteiger partial charge < -0.3 is 15.0 Å². The van der Waals surface area contributed by atoms with Gasteiger partial charge in [0, 0.05) is 31.5 Å². The summed E-state index contributed by atoms with van der Waals surface area (Å²) in [6.45, 7) is 3.50. The number of aromatic nitrogens is 2. The fourth-order valence-corrected chi connectivity index (χ4v) is 1.88. The summed E-state index contributed by atoms with van der Waals surface area (Å²) in [6, 6.07) is 9.99. The van der Waals surface area contributed by atoms with E-state index in [1.54, 1.807) is 12.5 Å². The van der Waals surface area contributed by atoms with Crippen LogP contribution in [-0.2, 0) is 6.54 Å². The SMILES string of the molecule is CC(Cn1ccnc1)NCC(O)c1ccccc1. The van der Waals surface area contributed by atoms with Gasteiger partial charge in [-0.15, -0.1) is 0 Å². The highest BCUT2D eigenvalue weighted by atomic mass is 16.3. The molecule has 0 aliphatic rings. The van der Waals surface area contributed by atoms with Crippen LogP contribution in [0, 0.1) is 0 Å². The van der Waals surface area contributed by atoms with E-state index >= 15 is 0 Å². The summed E-state index contributed by atoms with van der Waals surface area (Å²) in [4.78, 5) is 4.00. The van der Waals surface area contributed by atoms with E-state index in [4.69, 9.17) is 0 Å². The van der Waals surface area contributed by atoms with Crippen molar-refractivity contribution in [3.63, 3.8) is 0 Å². The lowest BCUT2D eigenvalue weighted by atomic mass is 10.1. The molecule has 1 aromatic heterocycles. The third-order valence-corrected chi connectivity index (χ3v) is 2.89. The summed E-state index contributed by atoms with van der Waals surface area (Å²) in [5, 5.41) is 13.3. The largest absolute Gasteiger partial charge is 0.387 e. The monoisotopic (exact) mass is 245 g/mol. The summed E-state index contributed by atoms with van der Waals surface area (Å²) in [5.41, 5.74) is 0.944. The lowest BCUT2D eigenvalue weighted by Gasteiger charge is -2.17. The molecule has 2 atom stereocenters. The van der Waals surface area contributed by atoms with Crippen LogP contribution >= 0.6 is 0 Å². The molecule has 18 heavy (non-hydrogen) atoms. The van der Waals surface area contributed by atoms with Gasteiger partial charge in [0.15, 0.2) is 0 Å². The number of benzene rings is 1. The van der Waals surface area contributed by atoms with Crippen LogP contribution in [0.1, 0.15) is 18.6 Å². The first-order chi connectivity index (χ1) is 8.75. The number of nitrogens with one attached hydrogen (secondary N) is 1. The third-order valence-electron chi connectivity index (χ3n) is 2.89. The molecule has 0 amide bonds. The van der Waals surface area contributed by atoms with Crippen molar-refractivity contribution >= 4 is 0 Å². The van der Waals surface area contributed by atoms with Gasteiger partial charge in [0.25, 0.3) is 0 Å². The number of nitrogens with zero attached hydrogens (tertiary/aromatic N) is 2. The summed E-state index contributed by atoms with van der Waals surface area (Å²) in [6.07, 6.45) is 5.04. The maximum Gasteiger partial charge on any atom is 0.0946 e. The van der Waals surface area contributed by atoms with Gasteiger partial charge in [0.2, 0.25) is 0 Å². The first-order valence-corrected chi connectivity index (χ1v) is 6.18. The molecule has 4 nitrogen and oxygen atoms in total. The molecule has 0 saturated carbocycles. The fourth-order valence-electron chi connectivity index (χ4n) is 1.88. The zero-order valence-electron chi connectivity index (χ0n) is 10.5. The van der Waals surface area contributed by atoms with Crippen LogP contribution < -0.4 is 5.32 Å². The molecule has 0 radical (unpaired) electrons. The topological polar surface area (TPSA) is 50.1 Å². The van der Waals surface area contributed by atoms with E-state index in [0.29, 0.717) is 6.54 Å². The van der Waals surface area contributed by atoms with E-state index in [0.717, 1.165) is 12.1 Å². The van der Waals surface area contributed by atoms with Gasteiger partial charge in [-0.2, -0.15) is 0 Å². The number of hydrogen-bond acceptors (Lipinski definition) is 3. The average Bonchev–Trinajstić information content (AvgIpc) is 2.90. The molecule has 2 N–H and O–H groups in total. The van der Waals surface area contributed by atoms with Crippen molar-refractivity contribution in [2.75, 3.05) is 6.54 Å². The van der Waals surface area contributed by atoms with Crippen LogP contribution in [0.5, 0.6) is 0 Å². The normalized spacial score (nSPS) is 14.3. The standard InChI is InChI=1S/C14H19N3O/c1-12(10-17-8-7-15-11-17)16-9-14(18)13-5-3-2-4-6-13/h2-8,11-12,14,16,18H,9-10H2,1H3. The van der Waals surface area contributed by atoms with Crippen molar-refractivity contribution in [2.24, 2.45) is 0 Å². The van der Waals surface area contributed by atoms with E-state index in [9.17, 15) is 5.11 Å². The molecule has 0 spiro atoms. The number of hydrogen-bond donors (Lipinski definition) is 2. The minimum absolute atomic E-state index is 0.289. The van der Waals surface area contributed by atoms with Crippen molar-refractivity contribution in [2.45, 2.75) is 25.6 Å². The summed E-state index contributed by atoms with van der Waals surface area (Å²) in [7, 11) is 0. The molecule has 0 fully saturated rings. The predicted molar refractivity (Wildman–Crippen MR) is 71.1 cm³/mol. The lowest BCUT2D eigenvalue weighted by Crippen LogP contribution is -2.33. The maximum atomic E-state index is 10.0. The van der Waals surface area contributed by atoms with Crippen LogP contribution in [0.2, 0.25) is 0 Å². The van der Waals surface area contributed by atoms with Gasteiger partial charge in [-0.05, 0) is 12.5 Å². The Labute approximate surface area is 107 Å². The van der Waals surface area contributed by atoms with Crippen LogP contribution in [0.25, 0.3) is 0 Å². The Morgan fingerprint density at radius 2 is 2.11 bits per heavy atom. The van der Waals surface area contributed by atoms with E-state index in [1.165, 1.54) is 0 Å². The second kappa shape index (κ2) is 6.33. The molecule has 0 bridgehead atoms. The molecular weight excluding hydrogens is 226 g/mol. The van der Waals surface area contributed by atoms with Crippen molar-refractivity contribution in [3.8, 4) is 0 Å². The molecule has 2 unspecified atom stereocenters. The second-order valence-corrected chi connectivity index (χ2v) is 4.50. The molecule has 2 aromatic rings. The minimum atomic E-state index is -0.462. The number of imidazole rings is 1. The molecular formula is C14H19N3O. The zero-order chi connectivity index (χ0) is 12.8. The number of aliphatic hydroxyl groups excluding tert-OH is 1. The predicted octanol–water partition coefficient (Wildman–Crippen LogP) is 1.59. The van der Waals surface area contributed by atoms with Gasteiger partial charge in [-0.3, -0.25) is 0 Å². The Kier molecular flexibility index (Phi) is 4.50. The molecule has 1 aromatic carbocycles. The molecule has 0 aliphatic carbocycles. The van der Waals surface area contributed by atoms with Crippen molar-refractivity contribution in [1.29, 1.82) is 0 Å². The maximum absolute atomic E-state index is 10.0. The Morgan fingerprint density at radius 1 is 1.33 bits per heavy atom. The highest BCUT2D eigenvalue weighted by molar-refractivity contribution is 5.17. The first-order valence-electron chi connectivity index (χ1n) is 6.18. The summed E-state index contributed by atoms with van der Waals surface area (Å²) in [5.74, 6) is 0. The van der Waals surface area contributed by atoms with Gasteiger partial charge >= 0.3 is 0 Å². The molecule has 0 aliphatic heterocycles. The minimum Gasteiger partial charge on any atom is -0.387 e. The quantitative estimate of drug-likeness (QED) is 0.812. The Bertz CT molecular complexity index is 441. The zero-order valence-corrected chi connectivity index (χ0v) is 10.5. The van der Waals surface area contributed by atoms with Crippen molar-refractivity contribution < 1.29 is 5.11 Å². The molecule has 96 valence electrons. The molecule has 2 rings (SSSR count). The lowest BCUT2D eigenvalue weighted by molar-refractivity contribution is 0.169. The summed E-state index contributed by atoms with van der Waals surface area (Å²) >= 11 is 0. The highest BCUT2D eigenvalue weighted by Crippen LogP contribution is 2.10. The van der Waals surface area contributed by atoms with E-state index in [-0.39, 0.29) is 6.04 Å². The smallest absolute Gasteiger partial charge is 0.0946 e. The van der Waals surface area contributed by atoms with Gasteiger partial charge in [0.05, 0.1) is 12.4 Å². The van der Waals surface area contributed by atoms with Crippen LogP contribution in [-0.4, -0.2) is 27.2 Å². The van der Waals surface area contributed by atoms with Crippen molar-refractivity contribution in [3.05, 3.63) is 54.6 Å². The van der Waals surface area contributed by atoms with Crippen LogP contribution in [0.4, 0.5) is 0 Å². The van der Waals surface area contributed by atoms with Crippen molar-refractivity contribution in [1.82, 2.24) is 14.9 Å². The average molecular weight is 245 g/mol. The van der Waals surface area contributed by atoms with E-state index < -0.39 is 6.10 Å². The van der Waals surface area contributed by atoms with Crippen LogP contribution in [0.15, 0.2) is 49.1 Å². The second-order valence-electron chi connectivity index (χ2n) is 4.50. The molecule has 4 heteroatoms. The van der Waals surface area contributed by atoms with Gasteiger partial charge in [-0.1, -0.05) is 30.3 Å². The van der Waals surface area contributed by atoms with Crippen LogP contribution in [0.3, 0.4) is 0 Å². The molecule has 0 saturated heterocycles. The number of aliphatic hydroxyl groups is 1. The fraction of sp³-hybridized carbons (Fsp3) is 0.357. The van der Waals surface area contributed by atoms with E-state index in [1.807, 2.05) is 41.1 Å². The Hall–Kier alpha value is -1.65. The van der Waals surface area contributed by atoms with E-state index in [2.05, 4.69) is 17.2 Å². The molecule has 1 heterocycles. The van der Waals surface area contributed by atoms with Gasteiger partial charge in [0.1, 0.15) is 0 Å². The highest BCUT2D eigenvalue weighted by Gasteiger charge is 2.09. The number of rotatable bonds is 6. The summed E-state index contributed by atoms with van der Waals surface area (Å²) < 4.78 is 2.02. The Balaban J connectivity index is 1.77. The Morgan fingerprint density at radius 3 is 2.78 bits per heavy atom. The first kappa shape index (κ1) is 12.8.